The standard InChI is InChI=1S/C23H18ClNO4S/c1-28-23-14-17(10-11-22(23)29-16-18-6-5-7-19(24)12-18)13-21(15-25)30(26,27)20-8-3-2-4-9-20/h2-14H,16H2,1H3/b21-13-. The predicted octanol–water partition coefficient (Wildman–Crippen LogP) is 5.27. The van der Waals surface area contributed by atoms with Crippen molar-refractivity contribution in [2.75, 3.05) is 7.11 Å². The maximum absolute atomic E-state index is 12.7. The molecule has 0 saturated carbocycles. The van der Waals surface area contributed by atoms with Gasteiger partial charge < -0.3 is 9.47 Å². The second-order valence-electron chi connectivity index (χ2n) is 6.27. The number of sulfone groups is 1. The van der Waals surface area contributed by atoms with Crippen molar-refractivity contribution in [3.05, 3.63) is 93.9 Å². The van der Waals surface area contributed by atoms with Gasteiger partial charge in [0.15, 0.2) is 11.5 Å². The van der Waals surface area contributed by atoms with Crippen molar-refractivity contribution in [1.82, 2.24) is 0 Å². The van der Waals surface area contributed by atoms with Crippen molar-refractivity contribution in [3.63, 3.8) is 0 Å². The van der Waals surface area contributed by atoms with Crippen molar-refractivity contribution in [3.8, 4) is 17.6 Å². The van der Waals surface area contributed by atoms with E-state index in [9.17, 15) is 13.7 Å². The molecule has 3 aromatic rings. The van der Waals surface area contributed by atoms with Crippen molar-refractivity contribution in [2.45, 2.75) is 11.5 Å². The first-order chi connectivity index (χ1) is 14.4. The molecule has 0 aliphatic carbocycles. The molecule has 0 radical (unpaired) electrons. The molecule has 0 amide bonds. The van der Waals surface area contributed by atoms with Crippen LogP contribution in [0.4, 0.5) is 0 Å². The summed E-state index contributed by atoms with van der Waals surface area (Å²) in [6, 6.07) is 21.9. The molecule has 0 atom stereocenters. The lowest BCUT2D eigenvalue weighted by Gasteiger charge is -2.12. The van der Waals surface area contributed by atoms with E-state index in [1.54, 1.807) is 54.6 Å². The van der Waals surface area contributed by atoms with Crippen LogP contribution in [0.3, 0.4) is 0 Å². The third-order valence-corrected chi connectivity index (χ3v) is 6.14. The minimum Gasteiger partial charge on any atom is -0.493 e. The van der Waals surface area contributed by atoms with Gasteiger partial charge in [-0.05, 0) is 53.6 Å². The van der Waals surface area contributed by atoms with Gasteiger partial charge in [-0.1, -0.05) is 48.0 Å². The molecule has 0 aromatic heterocycles. The fraction of sp³-hybridized carbons (Fsp3) is 0.0870. The highest BCUT2D eigenvalue weighted by atomic mass is 35.5. The lowest BCUT2D eigenvalue weighted by Crippen LogP contribution is -2.03. The summed E-state index contributed by atoms with van der Waals surface area (Å²) in [5.41, 5.74) is 1.40. The maximum Gasteiger partial charge on any atom is 0.216 e. The van der Waals surface area contributed by atoms with E-state index in [-0.39, 0.29) is 16.4 Å². The van der Waals surface area contributed by atoms with Gasteiger partial charge in [0, 0.05) is 5.02 Å². The van der Waals surface area contributed by atoms with E-state index in [4.69, 9.17) is 21.1 Å². The average Bonchev–Trinajstić information content (AvgIpc) is 2.76. The van der Waals surface area contributed by atoms with Gasteiger partial charge in [-0.25, -0.2) is 8.42 Å². The first kappa shape index (κ1) is 21.4. The zero-order valence-electron chi connectivity index (χ0n) is 16.1. The number of hydrogen-bond donors (Lipinski definition) is 0. The summed E-state index contributed by atoms with van der Waals surface area (Å²) in [5.74, 6) is 0.902. The monoisotopic (exact) mass is 439 g/mol. The van der Waals surface area contributed by atoms with E-state index in [0.29, 0.717) is 22.1 Å². The predicted molar refractivity (Wildman–Crippen MR) is 116 cm³/mol. The molecule has 3 aromatic carbocycles. The number of rotatable bonds is 7. The first-order valence-corrected chi connectivity index (χ1v) is 10.8. The SMILES string of the molecule is COc1cc(/C=C(/C#N)S(=O)(=O)c2ccccc2)ccc1OCc1cccc(Cl)c1. The highest BCUT2D eigenvalue weighted by Gasteiger charge is 2.20. The van der Waals surface area contributed by atoms with E-state index in [1.165, 1.54) is 25.3 Å². The van der Waals surface area contributed by atoms with Crippen LogP contribution in [-0.2, 0) is 16.4 Å². The molecule has 0 aliphatic heterocycles. The van der Waals surface area contributed by atoms with Gasteiger partial charge in [0.1, 0.15) is 17.6 Å². The molecule has 7 heteroatoms. The molecule has 0 spiro atoms. The van der Waals surface area contributed by atoms with Crippen molar-refractivity contribution >= 4 is 27.5 Å². The van der Waals surface area contributed by atoms with E-state index < -0.39 is 9.84 Å². The van der Waals surface area contributed by atoms with Crippen LogP contribution in [0.25, 0.3) is 6.08 Å². The van der Waals surface area contributed by atoms with Gasteiger partial charge in [-0.3, -0.25) is 0 Å². The molecular weight excluding hydrogens is 422 g/mol. The summed E-state index contributed by atoms with van der Waals surface area (Å²) in [6.07, 6.45) is 1.31. The van der Waals surface area contributed by atoms with Crippen LogP contribution in [0.15, 0.2) is 82.6 Å². The molecule has 30 heavy (non-hydrogen) atoms. The second-order valence-corrected chi connectivity index (χ2v) is 8.62. The molecule has 0 heterocycles. The summed E-state index contributed by atoms with van der Waals surface area (Å²) in [4.78, 5) is -0.297. The smallest absolute Gasteiger partial charge is 0.216 e. The van der Waals surface area contributed by atoms with Gasteiger partial charge in [-0.2, -0.15) is 5.26 Å². The molecule has 5 nitrogen and oxygen atoms in total. The Morgan fingerprint density at radius 3 is 2.47 bits per heavy atom. The van der Waals surface area contributed by atoms with E-state index in [0.717, 1.165) is 5.56 Å². The van der Waals surface area contributed by atoms with E-state index in [2.05, 4.69) is 0 Å². The molecular formula is C23H18ClNO4S. The maximum atomic E-state index is 12.7. The quantitative estimate of drug-likeness (QED) is 0.469. The van der Waals surface area contributed by atoms with Crippen LogP contribution in [0.1, 0.15) is 11.1 Å². The van der Waals surface area contributed by atoms with Crippen LogP contribution >= 0.6 is 11.6 Å². The zero-order valence-corrected chi connectivity index (χ0v) is 17.7. The van der Waals surface area contributed by atoms with Crippen LogP contribution in [0, 0.1) is 11.3 Å². The summed E-state index contributed by atoms with van der Waals surface area (Å²) in [5, 5.41) is 10.1. The normalized spacial score (nSPS) is 11.6. The summed E-state index contributed by atoms with van der Waals surface area (Å²) in [6.45, 7) is 0.290. The van der Waals surface area contributed by atoms with Crippen molar-refractivity contribution in [2.24, 2.45) is 0 Å². The van der Waals surface area contributed by atoms with Crippen LogP contribution < -0.4 is 9.47 Å². The van der Waals surface area contributed by atoms with Gasteiger partial charge >= 0.3 is 0 Å². The van der Waals surface area contributed by atoms with Crippen LogP contribution in [0.5, 0.6) is 11.5 Å². The number of ether oxygens (including phenoxy) is 2. The molecule has 0 fully saturated rings. The number of nitrogens with zero attached hydrogens (tertiary/aromatic N) is 1. The minimum absolute atomic E-state index is 0.0613. The Hall–Kier alpha value is -3.27. The largest absolute Gasteiger partial charge is 0.493 e. The highest BCUT2D eigenvalue weighted by Crippen LogP contribution is 2.31. The third kappa shape index (κ3) is 5.01. The lowest BCUT2D eigenvalue weighted by molar-refractivity contribution is 0.284. The van der Waals surface area contributed by atoms with Gasteiger partial charge in [0.2, 0.25) is 9.84 Å². The summed E-state index contributed by atoms with van der Waals surface area (Å²) < 4.78 is 36.6. The van der Waals surface area contributed by atoms with Crippen molar-refractivity contribution < 1.29 is 17.9 Å². The fourth-order valence-electron chi connectivity index (χ4n) is 2.73. The molecule has 0 bridgehead atoms. The molecule has 0 aliphatic rings. The molecule has 152 valence electrons. The van der Waals surface area contributed by atoms with E-state index >= 15 is 0 Å². The minimum atomic E-state index is -3.91. The van der Waals surface area contributed by atoms with Crippen molar-refractivity contribution in [1.29, 1.82) is 5.26 Å². The summed E-state index contributed by atoms with van der Waals surface area (Å²) >= 11 is 5.99. The molecule has 0 saturated heterocycles. The van der Waals surface area contributed by atoms with Gasteiger partial charge in [0.25, 0.3) is 0 Å². The zero-order chi connectivity index (χ0) is 21.6. The van der Waals surface area contributed by atoms with Crippen LogP contribution in [-0.4, -0.2) is 15.5 Å². The number of benzene rings is 3. The number of halogens is 1. The Bertz CT molecular complexity index is 1220. The Labute approximate surface area is 180 Å². The molecule has 0 N–H and O–H groups in total. The van der Waals surface area contributed by atoms with Crippen LogP contribution in [0.2, 0.25) is 5.02 Å². The molecule has 0 unspecified atom stereocenters. The Balaban J connectivity index is 1.87. The number of methoxy groups -OCH3 is 1. The number of hydrogen-bond acceptors (Lipinski definition) is 5. The Morgan fingerprint density at radius 1 is 1.03 bits per heavy atom. The Morgan fingerprint density at radius 2 is 1.80 bits per heavy atom. The Kier molecular flexibility index (Phi) is 6.78. The van der Waals surface area contributed by atoms with Gasteiger partial charge in [-0.15, -0.1) is 0 Å². The second kappa shape index (κ2) is 9.49. The van der Waals surface area contributed by atoms with E-state index in [1.807, 2.05) is 12.1 Å². The highest BCUT2D eigenvalue weighted by molar-refractivity contribution is 7.95. The molecule has 3 rings (SSSR count). The fourth-order valence-corrected chi connectivity index (χ4v) is 4.12. The average molecular weight is 440 g/mol. The first-order valence-electron chi connectivity index (χ1n) is 8.91. The van der Waals surface area contributed by atoms with Gasteiger partial charge in [0.05, 0.1) is 12.0 Å². The third-order valence-electron chi connectivity index (χ3n) is 4.22. The number of allylic oxidation sites excluding steroid dienone is 1. The lowest BCUT2D eigenvalue weighted by atomic mass is 10.2. The summed E-state index contributed by atoms with van der Waals surface area (Å²) in [7, 11) is -2.43. The topological polar surface area (TPSA) is 76.4 Å². The number of nitriles is 1.